The van der Waals surface area contributed by atoms with Gasteiger partial charge in [0.1, 0.15) is 5.75 Å². The fourth-order valence-corrected chi connectivity index (χ4v) is 4.57. The van der Waals surface area contributed by atoms with Gasteiger partial charge in [-0.05, 0) is 43.5 Å². The number of benzene rings is 1. The maximum atomic E-state index is 12.8. The molecule has 1 aromatic carbocycles. The number of halogens is 3. The van der Waals surface area contributed by atoms with E-state index in [-0.39, 0.29) is 24.2 Å². The highest BCUT2D eigenvalue weighted by molar-refractivity contribution is 5.79. The first-order valence-corrected chi connectivity index (χ1v) is 11.0. The Balaban J connectivity index is 1.27. The van der Waals surface area contributed by atoms with Gasteiger partial charge in [-0.1, -0.05) is 25.3 Å². The van der Waals surface area contributed by atoms with Crippen LogP contribution in [0.25, 0.3) is 0 Å². The molecule has 2 aliphatic rings. The number of aromatic nitrogens is 2. The third-order valence-corrected chi connectivity index (χ3v) is 6.32. The van der Waals surface area contributed by atoms with E-state index >= 15 is 0 Å². The zero-order valence-corrected chi connectivity index (χ0v) is 17.5. The number of likely N-dealkylation sites (tertiary alicyclic amines) is 1. The minimum Gasteiger partial charge on any atom is -0.493 e. The lowest BCUT2D eigenvalue weighted by molar-refractivity contribution is -0.138. The third kappa shape index (κ3) is 5.40. The molecule has 1 aliphatic heterocycles. The van der Waals surface area contributed by atoms with Gasteiger partial charge >= 0.3 is 6.18 Å². The van der Waals surface area contributed by atoms with E-state index in [4.69, 9.17) is 4.74 Å². The van der Waals surface area contributed by atoms with Crippen LogP contribution in [-0.2, 0) is 17.4 Å². The number of carbonyl (C=O) groups excluding carboxylic acids is 1. The second-order valence-corrected chi connectivity index (χ2v) is 8.55. The van der Waals surface area contributed by atoms with Crippen LogP contribution >= 0.6 is 0 Å². The Morgan fingerprint density at radius 1 is 1.16 bits per heavy atom. The molecule has 5 nitrogen and oxygen atoms in total. The summed E-state index contributed by atoms with van der Waals surface area (Å²) in [6.45, 7) is 1.74. The lowest BCUT2D eigenvalue weighted by atomic mass is 9.88. The number of hydrogen-bond donors (Lipinski definition) is 1. The molecule has 1 atom stereocenters. The molecule has 2 aromatic rings. The molecule has 0 bridgehead atoms. The van der Waals surface area contributed by atoms with Crippen molar-refractivity contribution >= 4 is 5.91 Å². The number of H-pyrrole nitrogens is 1. The molecule has 1 aromatic heterocycles. The molecule has 1 N–H and O–H groups in total. The molecule has 1 amide bonds. The van der Waals surface area contributed by atoms with Crippen molar-refractivity contribution in [3.63, 3.8) is 0 Å². The molecule has 31 heavy (non-hydrogen) atoms. The quantitative estimate of drug-likeness (QED) is 0.699. The fraction of sp³-hybridized carbons (Fsp3) is 0.565. The van der Waals surface area contributed by atoms with Crippen LogP contribution in [0.1, 0.15) is 61.4 Å². The third-order valence-electron chi connectivity index (χ3n) is 6.32. The van der Waals surface area contributed by atoms with Crippen LogP contribution in [0.15, 0.2) is 30.3 Å². The highest BCUT2D eigenvalue weighted by Gasteiger charge is 2.33. The standard InChI is InChI=1S/C23H28F3N3O2/c24-23(25,26)18-7-4-8-20(13-18)31-12-10-19-14-21(28-27-19)17-9-11-29(15-17)22(30)16-5-2-1-3-6-16/h4,7-8,13-14,16-17H,1-3,5-6,9-12,15H2,(H,27,28)/t17-/m0/s1. The first-order chi connectivity index (χ1) is 14.9. The van der Waals surface area contributed by atoms with E-state index in [1.54, 1.807) is 0 Å². The minimum absolute atomic E-state index is 0.190. The number of amides is 1. The zero-order chi connectivity index (χ0) is 21.8. The zero-order valence-electron chi connectivity index (χ0n) is 17.5. The lowest BCUT2D eigenvalue weighted by Gasteiger charge is -2.26. The topological polar surface area (TPSA) is 58.2 Å². The van der Waals surface area contributed by atoms with Crippen molar-refractivity contribution in [2.75, 3.05) is 19.7 Å². The first-order valence-electron chi connectivity index (χ1n) is 11.0. The molecule has 1 saturated carbocycles. The van der Waals surface area contributed by atoms with Gasteiger partial charge < -0.3 is 9.64 Å². The Labute approximate surface area is 180 Å². The second kappa shape index (κ2) is 9.32. The van der Waals surface area contributed by atoms with Gasteiger partial charge in [0.05, 0.1) is 17.9 Å². The van der Waals surface area contributed by atoms with Gasteiger partial charge in [0.15, 0.2) is 0 Å². The maximum Gasteiger partial charge on any atom is 0.416 e. The van der Waals surface area contributed by atoms with Crippen molar-refractivity contribution in [2.45, 2.75) is 57.0 Å². The maximum absolute atomic E-state index is 12.8. The number of ether oxygens (including phenoxy) is 1. The summed E-state index contributed by atoms with van der Waals surface area (Å²) in [6, 6.07) is 6.87. The summed E-state index contributed by atoms with van der Waals surface area (Å²) in [5.41, 5.74) is 1.09. The van der Waals surface area contributed by atoms with Crippen LogP contribution in [0.5, 0.6) is 5.75 Å². The van der Waals surface area contributed by atoms with Crippen molar-refractivity contribution in [2.24, 2.45) is 5.92 Å². The van der Waals surface area contributed by atoms with Gasteiger partial charge in [-0.15, -0.1) is 0 Å². The number of rotatable bonds is 6. The van der Waals surface area contributed by atoms with Gasteiger partial charge in [-0.3, -0.25) is 9.89 Å². The van der Waals surface area contributed by atoms with Gasteiger partial charge in [0.2, 0.25) is 5.91 Å². The van der Waals surface area contributed by atoms with Crippen molar-refractivity contribution in [1.29, 1.82) is 0 Å². The van der Waals surface area contributed by atoms with E-state index in [1.807, 2.05) is 11.0 Å². The Morgan fingerprint density at radius 2 is 1.97 bits per heavy atom. The van der Waals surface area contributed by atoms with E-state index in [9.17, 15) is 18.0 Å². The molecule has 2 heterocycles. The molecule has 0 radical (unpaired) electrons. The summed E-state index contributed by atoms with van der Waals surface area (Å²) in [5, 5.41) is 7.41. The fourth-order valence-electron chi connectivity index (χ4n) is 4.57. The molecule has 168 valence electrons. The van der Waals surface area contributed by atoms with Crippen LogP contribution in [0, 0.1) is 5.92 Å². The molecular formula is C23H28F3N3O2. The summed E-state index contributed by atoms with van der Waals surface area (Å²) in [4.78, 5) is 14.7. The second-order valence-electron chi connectivity index (χ2n) is 8.55. The van der Waals surface area contributed by atoms with E-state index in [0.717, 1.165) is 62.2 Å². The Kier molecular flexibility index (Phi) is 6.53. The normalized spacial score (nSPS) is 20.2. The van der Waals surface area contributed by atoms with Crippen LogP contribution in [0.3, 0.4) is 0 Å². The smallest absolute Gasteiger partial charge is 0.416 e. The predicted molar refractivity (Wildman–Crippen MR) is 110 cm³/mol. The molecular weight excluding hydrogens is 407 g/mol. The Bertz CT molecular complexity index is 890. The van der Waals surface area contributed by atoms with Gasteiger partial charge in [-0.2, -0.15) is 18.3 Å². The number of carbonyl (C=O) groups is 1. The molecule has 0 unspecified atom stereocenters. The van der Waals surface area contributed by atoms with E-state index < -0.39 is 11.7 Å². The number of aromatic amines is 1. The molecule has 0 spiro atoms. The number of nitrogens with zero attached hydrogens (tertiary/aromatic N) is 2. The largest absolute Gasteiger partial charge is 0.493 e. The van der Waals surface area contributed by atoms with Crippen molar-refractivity contribution < 1.29 is 22.7 Å². The first kappa shape index (κ1) is 21.7. The van der Waals surface area contributed by atoms with E-state index in [0.29, 0.717) is 18.9 Å². The molecule has 2 fully saturated rings. The van der Waals surface area contributed by atoms with E-state index in [1.165, 1.54) is 18.6 Å². The monoisotopic (exact) mass is 435 g/mol. The molecule has 1 aliphatic carbocycles. The minimum atomic E-state index is -4.38. The van der Waals surface area contributed by atoms with Crippen molar-refractivity contribution in [1.82, 2.24) is 15.1 Å². The highest BCUT2D eigenvalue weighted by Crippen LogP contribution is 2.32. The number of nitrogens with one attached hydrogen (secondary N) is 1. The number of hydrogen-bond acceptors (Lipinski definition) is 3. The van der Waals surface area contributed by atoms with Crippen LogP contribution in [-0.4, -0.2) is 40.7 Å². The van der Waals surface area contributed by atoms with Gasteiger partial charge in [0.25, 0.3) is 0 Å². The Morgan fingerprint density at radius 3 is 2.74 bits per heavy atom. The average Bonchev–Trinajstić information content (AvgIpc) is 3.43. The summed E-state index contributed by atoms with van der Waals surface area (Å²) in [7, 11) is 0. The molecule has 8 heteroatoms. The highest BCUT2D eigenvalue weighted by atomic mass is 19.4. The SMILES string of the molecule is O=C(C1CCCCC1)N1CC[C@H](c2cc(CCOc3cccc(C(F)(F)F)c3)[nH]n2)C1. The number of alkyl halides is 3. The van der Waals surface area contributed by atoms with Crippen molar-refractivity contribution in [3.8, 4) is 5.75 Å². The van der Waals surface area contributed by atoms with Crippen LogP contribution in [0.2, 0.25) is 0 Å². The van der Waals surface area contributed by atoms with Crippen LogP contribution in [0.4, 0.5) is 13.2 Å². The summed E-state index contributed by atoms with van der Waals surface area (Å²) in [5.74, 6) is 0.909. The summed E-state index contributed by atoms with van der Waals surface area (Å²) >= 11 is 0. The molecule has 1 saturated heterocycles. The van der Waals surface area contributed by atoms with E-state index in [2.05, 4.69) is 10.2 Å². The lowest BCUT2D eigenvalue weighted by Crippen LogP contribution is -2.35. The van der Waals surface area contributed by atoms with Crippen molar-refractivity contribution in [3.05, 3.63) is 47.3 Å². The van der Waals surface area contributed by atoms with Crippen LogP contribution < -0.4 is 4.74 Å². The summed E-state index contributed by atoms with van der Waals surface area (Å²) in [6.07, 6.45) is 2.60. The molecule has 4 rings (SSSR count). The average molecular weight is 435 g/mol. The Hall–Kier alpha value is -2.51. The van der Waals surface area contributed by atoms with Gasteiger partial charge in [-0.25, -0.2) is 0 Å². The van der Waals surface area contributed by atoms with Gasteiger partial charge in [0, 0.05) is 37.0 Å². The summed E-state index contributed by atoms with van der Waals surface area (Å²) < 4.78 is 43.9. The predicted octanol–water partition coefficient (Wildman–Crippen LogP) is 4.95.